The van der Waals surface area contributed by atoms with E-state index in [0.29, 0.717) is 6.61 Å². The Morgan fingerprint density at radius 3 is 2.50 bits per heavy atom. The molecule has 76 valence electrons. The number of rotatable bonds is 5. The summed E-state index contributed by atoms with van der Waals surface area (Å²) < 4.78 is 5.31. The predicted octanol–water partition coefficient (Wildman–Crippen LogP) is 3.52. The van der Waals surface area contributed by atoms with Gasteiger partial charge in [-0.05, 0) is 24.5 Å². The standard InChI is InChI=1S/C13H18O/c1-3-12(10-11-14-4-2)13-8-6-5-7-9-13/h5-10H,3-4,11H2,1-2H3/b12-10-. The van der Waals surface area contributed by atoms with Crippen LogP contribution in [0.4, 0.5) is 0 Å². The van der Waals surface area contributed by atoms with E-state index in [1.54, 1.807) is 0 Å². The van der Waals surface area contributed by atoms with Gasteiger partial charge < -0.3 is 4.74 Å². The first-order valence-corrected chi connectivity index (χ1v) is 5.20. The van der Waals surface area contributed by atoms with Crippen molar-refractivity contribution in [1.82, 2.24) is 0 Å². The Kier molecular flexibility index (Phi) is 5.02. The fraction of sp³-hybridized carbons (Fsp3) is 0.385. The molecule has 0 aliphatic heterocycles. The first kappa shape index (κ1) is 11.0. The largest absolute Gasteiger partial charge is 0.378 e. The molecule has 0 saturated carbocycles. The minimum Gasteiger partial charge on any atom is -0.378 e. The number of benzene rings is 1. The molecule has 1 nitrogen and oxygen atoms in total. The Balaban J connectivity index is 2.67. The fourth-order valence-electron chi connectivity index (χ4n) is 1.40. The third-order valence-electron chi connectivity index (χ3n) is 2.18. The Morgan fingerprint density at radius 2 is 1.93 bits per heavy atom. The highest BCUT2D eigenvalue weighted by atomic mass is 16.5. The molecule has 0 aliphatic carbocycles. The van der Waals surface area contributed by atoms with Gasteiger partial charge in [-0.15, -0.1) is 0 Å². The van der Waals surface area contributed by atoms with Crippen LogP contribution < -0.4 is 0 Å². The third-order valence-corrected chi connectivity index (χ3v) is 2.18. The lowest BCUT2D eigenvalue weighted by atomic mass is 10.0. The van der Waals surface area contributed by atoms with Crippen LogP contribution in [0, 0.1) is 0 Å². The Hall–Kier alpha value is -1.08. The molecule has 1 aromatic carbocycles. The van der Waals surface area contributed by atoms with Gasteiger partial charge in [0.05, 0.1) is 6.61 Å². The van der Waals surface area contributed by atoms with Gasteiger partial charge in [-0.25, -0.2) is 0 Å². The van der Waals surface area contributed by atoms with Crippen molar-refractivity contribution in [3.8, 4) is 0 Å². The smallest absolute Gasteiger partial charge is 0.0653 e. The number of hydrogen-bond donors (Lipinski definition) is 0. The van der Waals surface area contributed by atoms with E-state index < -0.39 is 0 Å². The molecule has 0 spiro atoms. The molecule has 0 amide bonds. The van der Waals surface area contributed by atoms with Crippen molar-refractivity contribution in [2.75, 3.05) is 13.2 Å². The first-order chi connectivity index (χ1) is 6.88. The minimum absolute atomic E-state index is 0.717. The van der Waals surface area contributed by atoms with Crippen LogP contribution in [0.15, 0.2) is 36.4 Å². The van der Waals surface area contributed by atoms with Gasteiger partial charge in [-0.2, -0.15) is 0 Å². The molecule has 1 heteroatoms. The zero-order valence-corrected chi connectivity index (χ0v) is 8.99. The zero-order chi connectivity index (χ0) is 10.2. The molecule has 14 heavy (non-hydrogen) atoms. The maximum atomic E-state index is 5.31. The van der Waals surface area contributed by atoms with Gasteiger partial charge in [0, 0.05) is 6.61 Å². The number of ether oxygens (including phenoxy) is 1. The van der Waals surface area contributed by atoms with E-state index in [0.717, 1.165) is 13.0 Å². The summed E-state index contributed by atoms with van der Waals surface area (Å²) in [6, 6.07) is 10.5. The SMILES string of the molecule is CCOC/C=C(/CC)c1ccccc1. The van der Waals surface area contributed by atoms with Crippen LogP contribution in [-0.4, -0.2) is 13.2 Å². The van der Waals surface area contributed by atoms with E-state index in [1.807, 2.05) is 13.0 Å². The summed E-state index contributed by atoms with van der Waals surface area (Å²) in [6.45, 7) is 5.68. The molecule has 0 aromatic heterocycles. The molecule has 0 N–H and O–H groups in total. The minimum atomic E-state index is 0.717. The molecule has 0 fully saturated rings. The molecular weight excluding hydrogens is 172 g/mol. The summed E-state index contributed by atoms with van der Waals surface area (Å²) in [5, 5.41) is 0. The van der Waals surface area contributed by atoms with Crippen LogP contribution in [0.1, 0.15) is 25.8 Å². The average molecular weight is 190 g/mol. The van der Waals surface area contributed by atoms with Crippen LogP contribution in [0.2, 0.25) is 0 Å². The first-order valence-electron chi connectivity index (χ1n) is 5.20. The van der Waals surface area contributed by atoms with Crippen molar-refractivity contribution < 1.29 is 4.74 Å². The molecule has 0 bridgehead atoms. The summed E-state index contributed by atoms with van der Waals surface area (Å²) in [5.74, 6) is 0. The van der Waals surface area contributed by atoms with E-state index in [9.17, 15) is 0 Å². The monoisotopic (exact) mass is 190 g/mol. The van der Waals surface area contributed by atoms with Crippen LogP contribution >= 0.6 is 0 Å². The molecule has 1 rings (SSSR count). The van der Waals surface area contributed by atoms with Gasteiger partial charge in [0.15, 0.2) is 0 Å². The molecule has 0 saturated heterocycles. The lowest BCUT2D eigenvalue weighted by molar-refractivity contribution is 0.177. The quantitative estimate of drug-likeness (QED) is 0.645. The highest BCUT2D eigenvalue weighted by Gasteiger charge is 1.96. The summed E-state index contributed by atoms with van der Waals surface area (Å²) in [6.07, 6.45) is 3.22. The zero-order valence-electron chi connectivity index (χ0n) is 8.99. The van der Waals surface area contributed by atoms with Gasteiger partial charge in [-0.1, -0.05) is 43.3 Å². The van der Waals surface area contributed by atoms with Crippen LogP contribution in [0.25, 0.3) is 5.57 Å². The molecule has 1 aromatic rings. The topological polar surface area (TPSA) is 9.23 Å². The van der Waals surface area contributed by atoms with Gasteiger partial charge in [0.1, 0.15) is 0 Å². The Morgan fingerprint density at radius 1 is 1.21 bits per heavy atom. The second kappa shape index (κ2) is 6.39. The predicted molar refractivity (Wildman–Crippen MR) is 61.2 cm³/mol. The lowest BCUT2D eigenvalue weighted by Crippen LogP contribution is -1.91. The summed E-state index contributed by atoms with van der Waals surface area (Å²) >= 11 is 0. The summed E-state index contributed by atoms with van der Waals surface area (Å²) in [4.78, 5) is 0. The van der Waals surface area contributed by atoms with E-state index in [2.05, 4.69) is 37.3 Å². The van der Waals surface area contributed by atoms with Gasteiger partial charge in [-0.3, -0.25) is 0 Å². The molecule has 0 heterocycles. The maximum Gasteiger partial charge on any atom is 0.0653 e. The van der Waals surface area contributed by atoms with E-state index in [1.165, 1.54) is 11.1 Å². The van der Waals surface area contributed by atoms with Crippen molar-refractivity contribution in [3.63, 3.8) is 0 Å². The van der Waals surface area contributed by atoms with Crippen molar-refractivity contribution in [2.24, 2.45) is 0 Å². The van der Waals surface area contributed by atoms with E-state index >= 15 is 0 Å². The molecule has 0 radical (unpaired) electrons. The van der Waals surface area contributed by atoms with Crippen molar-refractivity contribution in [1.29, 1.82) is 0 Å². The van der Waals surface area contributed by atoms with E-state index in [4.69, 9.17) is 4.74 Å². The average Bonchev–Trinajstić information content (AvgIpc) is 2.26. The second-order valence-electron chi connectivity index (χ2n) is 3.11. The third kappa shape index (κ3) is 3.35. The van der Waals surface area contributed by atoms with Crippen LogP contribution in [0.3, 0.4) is 0 Å². The van der Waals surface area contributed by atoms with Crippen molar-refractivity contribution >= 4 is 5.57 Å². The van der Waals surface area contributed by atoms with Gasteiger partial charge in [0.2, 0.25) is 0 Å². The van der Waals surface area contributed by atoms with Gasteiger partial charge >= 0.3 is 0 Å². The Labute approximate surface area is 86.4 Å². The van der Waals surface area contributed by atoms with Crippen molar-refractivity contribution in [2.45, 2.75) is 20.3 Å². The van der Waals surface area contributed by atoms with E-state index in [-0.39, 0.29) is 0 Å². The molecule has 0 aliphatic rings. The molecule has 0 unspecified atom stereocenters. The molecular formula is C13H18O. The highest BCUT2D eigenvalue weighted by Crippen LogP contribution is 2.16. The number of allylic oxidation sites excluding steroid dienone is 1. The lowest BCUT2D eigenvalue weighted by Gasteiger charge is -2.04. The van der Waals surface area contributed by atoms with Gasteiger partial charge in [0.25, 0.3) is 0 Å². The fourth-order valence-corrected chi connectivity index (χ4v) is 1.40. The van der Waals surface area contributed by atoms with Crippen LogP contribution in [0.5, 0.6) is 0 Å². The Bertz CT molecular complexity index is 275. The molecule has 0 atom stereocenters. The number of hydrogen-bond acceptors (Lipinski definition) is 1. The highest BCUT2D eigenvalue weighted by molar-refractivity contribution is 5.65. The maximum absolute atomic E-state index is 5.31. The second-order valence-corrected chi connectivity index (χ2v) is 3.11. The van der Waals surface area contributed by atoms with Crippen LogP contribution in [-0.2, 0) is 4.74 Å². The summed E-state index contributed by atoms with van der Waals surface area (Å²) in [7, 11) is 0. The van der Waals surface area contributed by atoms with Crippen molar-refractivity contribution in [3.05, 3.63) is 42.0 Å². The summed E-state index contributed by atoms with van der Waals surface area (Å²) in [5.41, 5.74) is 2.66. The normalized spacial score (nSPS) is 11.7.